The van der Waals surface area contributed by atoms with Gasteiger partial charge in [0.1, 0.15) is 18.9 Å². The number of carbonyl (C=O) groups excluding carboxylic acids is 2. The van der Waals surface area contributed by atoms with Crippen LogP contribution in [-0.2, 0) is 20.7 Å². The van der Waals surface area contributed by atoms with Gasteiger partial charge in [-0.3, -0.25) is 0 Å². The Morgan fingerprint density at radius 3 is 2.31 bits per heavy atom. The first kappa shape index (κ1) is 18.7. The number of amides is 1. The van der Waals surface area contributed by atoms with Crippen molar-refractivity contribution in [3.63, 3.8) is 0 Å². The number of benzene rings is 2. The van der Waals surface area contributed by atoms with Gasteiger partial charge >= 0.3 is 12.1 Å². The minimum Gasteiger partial charge on any atom is -0.467 e. The van der Waals surface area contributed by atoms with Crippen LogP contribution in [0.3, 0.4) is 0 Å². The summed E-state index contributed by atoms with van der Waals surface area (Å²) in [5.41, 5.74) is 5.06. The van der Waals surface area contributed by atoms with Gasteiger partial charge in [-0.15, -0.1) is 0 Å². The number of methoxy groups -OCH3 is 1. The predicted octanol–water partition coefficient (Wildman–Crippen LogP) is 3.30. The number of rotatable bonds is 6. The third-order valence-electron chi connectivity index (χ3n) is 5.03. The Labute approximate surface area is 167 Å². The number of hydrogen-bond donors (Lipinski definition) is 1. The van der Waals surface area contributed by atoms with Gasteiger partial charge in [0.25, 0.3) is 0 Å². The van der Waals surface area contributed by atoms with Gasteiger partial charge < -0.3 is 19.3 Å². The van der Waals surface area contributed by atoms with Crippen molar-refractivity contribution in [1.29, 1.82) is 0 Å². The molecular formula is C22H20N2O5. The van der Waals surface area contributed by atoms with Crippen LogP contribution in [0.5, 0.6) is 0 Å². The molecule has 1 aromatic heterocycles. The highest BCUT2D eigenvalue weighted by atomic mass is 16.6. The summed E-state index contributed by atoms with van der Waals surface area (Å²) in [6, 6.07) is 16.9. The third kappa shape index (κ3) is 3.85. The SMILES string of the molecule is COC(=O)[C@H](Cc1ccon1)NC(=O)OCC1c2ccccc2-c2ccccc21. The Bertz CT molecular complexity index is 970. The summed E-state index contributed by atoms with van der Waals surface area (Å²) in [5, 5.41) is 6.32. The topological polar surface area (TPSA) is 90.7 Å². The fourth-order valence-electron chi connectivity index (χ4n) is 3.67. The molecule has 1 aliphatic rings. The highest BCUT2D eigenvalue weighted by molar-refractivity contribution is 5.82. The smallest absolute Gasteiger partial charge is 0.407 e. The monoisotopic (exact) mass is 392 g/mol. The first-order valence-electron chi connectivity index (χ1n) is 9.26. The molecule has 1 aliphatic carbocycles. The summed E-state index contributed by atoms with van der Waals surface area (Å²) >= 11 is 0. The molecule has 4 rings (SSSR count). The van der Waals surface area contributed by atoms with Gasteiger partial charge in [0.05, 0.1) is 12.8 Å². The number of hydrogen-bond acceptors (Lipinski definition) is 6. The number of esters is 1. The number of carbonyl (C=O) groups is 2. The van der Waals surface area contributed by atoms with Crippen molar-refractivity contribution in [1.82, 2.24) is 10.5 Å². The molecule has 0 unspecified atom stereocenters. The first-order chi connectivity index (χ1) is 14.2. The molecule has 1 N–H and O–H groups in total. The Morgan fingerprint density at radius 1 is 1.07 bits per heavy atom. The maximum Gasteiger partial charge on any atom is 0.407 e. The third-order valence-corrected chi connectivity index (χ3v) is 5.03. The zero-order valence-corrected chi connectivity index (χ0v) is 15.8. The number of alkyl carbamates (subject to hydrolysis) is 1. The number of ether oxygens (including phenoxy) is 2. The molecule has 0 saturated heterocycles. The van der Waals surface area contributed by atoms with Crippen molar-refractivity contribution >= 4 is 12.1 Å². The molecule has 29 heavy (non-hydrogen) atoms. The van der Waals surface area contributed by atoms with E-state index in [4.69, 9.17) is 14.0 Å². The van der Waals surface area contributed by atoms with Crippen LogP contribution in [0.4, 0.5) is 4.79 Å². The van der Waals surface area contributed by atoms with Gasteiger partial charge in [-0.1, -0.05) is 53.7 Å². The summed E-state index contributed by atoms with van der Waals surface area (Å²) in [5.74, 6) is -0.637. The molecule has 0 spiro atoms. The van der Waals surface area contributed by atoms with Crippen LogP contribution >= 0.6 is 0 Å². The van der Waals surface area contributed by atoms with E-state index in [0.717, 1.165) is 22.3 Å². The summed E-state index contributed by atoms with van der Waals surface area (Å²) in [6.07, 6.45) is 0.857. The van der Waals surface area contributed by atoms with E-state index >= 15 is 0 Å². The molecule has 0 saturated carbocycles. The number of aromatic nitrogens is 1. The lowest BCUT2D eigenvalue weighted by molar-refractivity contribution is -0.143. The summed E-state index contributed by atoms with van der Waals surface area (Å²) in [4.78, 5) is 24.4. The zero-order chi connectivity index (χ0) is 20.2. The molecule has 3 aromatic rings. The van der Waals surface area contributed by atoms with Crippen LogP contribution in [0.2, 0.25) is 0 Å². The van der Waals surface area contributed by atoms with E-state index in [0.29, 0.717) is 5.69 Å². The molecule has 0 fully saturated rings. The van der Waals surface area contributed by atoms with Crippen molar-refractivity contribution in [2.24, 2.45) is 0 Å². The lowest BCUT2D eigenvalue weighted by atomic mass is 9.98. The van der Waals surface area contributed by atoms with Gasteiger partial charge in [0.15, 0.2) is 0 Å². The van der Waals surface area contributed by atoms with Crippen LogP contribution in [0, 0.1) is 0 Å². The van der Waals surface area contributed by atoms with Gasteiger partial charge in [-0.25, -0.2) is 9.59 Å². The minimum atomic E-state index is -0.916. The van der Waals surface area contributed by atoms with Gasteiger partial charge in [-0.2, -0.15) is 0 Å². The summed E-state index contributed by atoms with van der Waals surface area (Å²) in [6.45, 7) is 0.164. The Balaban J connectivity index is 1.44. The molecular weight excluding hydrogens is 372 g/mol. The van der Waals surface area contributed by atoms with Gasteiger partial charge in [0.2, 0.25) is 0 Å². The molecule has 0 aliphatic heterocycles. The maximum atomic E-state index is 12.4. The van der Waals surface area contributed by atoms with E-state index in [1.165, 1.54) is 13.4 Å². The molecule has 7 heteroatoms. The second kappa shape index (κ2) is 8.18. The van der Waals surface area contributed by atoms with E-state index in [-0.39, 0.29) is 18.9 Å². The lowest BCUT2D eigenvalue weighted by Crippen LogP contribution is -2.43. The van der Waals surface area contributed by atoms with Crippen molar-refractivity contribution < 1.29 is 23.6 Å². The Hall–Kier alpha value is -3.61. The van der Waals surface area contributed by atoms with Crippen molar-refractivity contribution in [2.75, 3.05) is 13.7 Å². The summed E-state index contributed by atoms with van der Waals surface area (Å²) in [7, 11) is 1.26. The second-order valence-corrected chi connectivity index (χ2v) is 6.74. The van der Waals surface area contributed by atoms with Crippen LogP contribution in [0.15, 0.2) is 65.4 Å². The molecule has 7 nitrogen and oxygen atoms in total. The molecule has 1 atom stereocenters. The van der Waals surface area contributed by atoms with Crippen LogP contribution < -0.4 is 5.32 Å². The standard InChI is InChI=1S/C22H20N2O5/c1-27-21(25)20(12-14-10-11-29-24-14)23-22(26)28-13-19-17-8-4-2-6-15(17)16-7-3-5-9-18(16)19/h2-11,19-20H,12-13H2,1H3,(H,23,26)/t20-/m0/s1. The average molecular weight is 392 g/mol. The predicted molar refractivity (Wildman–Crippen MR) is 104 cm³/mol. The number of fused-ring (bicyclic) bond motifs is 3. The average Bonchev–Trinajstić information content (AvgIpc) is 3.37. The zero-order valence-electron chi connectivity index (χ0n) is 15.8. The molecule has 1 amide bonds. The molecule has 1 heterocycles. The molecule has 148 valence electrons. The fraction of sp³-hybridized carbons (Fsp3) is 0.227. The van der Waals surface area contributed by atoms with E-state index in [1.54, 1.807) is 6.07 Å². The van der Waals surface area contributed by atoms with Crippen molar-refractivity contribution in [3.05, 3.63) is 77.7 Å². The van der Waals surface area contributed by atoms with Crippen molar-refractivity contribution in [2.45, 2.75) is 18.4 Å². The van der Waals surface area contributed by atoms with Gasteiger partial charge in [-0.05, 0) is 22.3 Å². The van der Waals surface area contributed by atoms with Crippen LogP contribution in [0.1, 0.15) is 22.7 Å². The largest absolute Gasteiger partial charge is 0.467 e. The van der Waals surface area contributed by atoms with Crippen LogP contribution in [0.25, 0.3) is 11.1 Å². The second-order valence-electron chi connectivity index (χ2n) is 6.74. The number of nitrogens with zero attached hydrogens (tertiary/aromatic N) is 1. The Morgan fingerprint density at radius 2 is 1.72 bits per heavy atom. The molecule has 0 bridgehead atoms. The normalized spacial score (nSPS) is 13.3. The molecule has 2 aromatic carbocycles. The van der Waals surface area contributed by atoms with Crippen molar-refractivity contribution in [3.8, 4) is 11.1 Å². The maximum absolute atomic E-state index is 12.4. The highest BCUT2D eigenvalue weighted by Crippen LogP contribution is 2.44. The summed E-state index contributed by atoms with van der Waals surface area (Å²) < 4.78 is 15.0. The van der Waals surface area contributed by atoms with E-state index in [9.17, 15) is 9.59 Å². The molecule has 0 radical (unpaired) electrons. The quantitative estimate of drug-likeness (QED) is 0.648. The highest BCUT2D eigenvalue weighted by Gasteiger charge is 2.30. The van der Waals surface area contributed by atoms with Gasteiger partial charge in [0, 0.05) is 18.4 Å². The first-order valence-corrected chi connectivity index (χ1v) is 9.26. The number of nitrogens with one attached hydrogen (secondary N) is 1. The van der Waals surface area contributed by atoms with E-state index in [1.807, 2.05) is 36.4 Å². The van der Waals surface area contributed by atoms with E-state index < -0.39 is 18.1 Å². The van der Waals surface area contributed by atoms with E-state index in [2.05, 4.69) is 22.6 Å². The Kier molecular flexibility index (Phi) is 5.29. The van der Waals surface area contributed by atoms with Crippen LogP contribution in [-0.4, -0.2) is 37.0 Å². The minimum absolute atomic E-state index is 0.0553. The lowest BCUT2D eigenvalue weighted by Gasteiger charge is -2.18. The fourth-order valence-corrected chi connectivity index (χ4v) is 3.67.